The number of rotatable bonds is 8. The highest BCUT2D eigenvalue weighted by atomic mass is 127. The summed E-state index contributed by atoms with van der Waals surface area (Å²) >= 11 is 11.9. The Balaban J connectivity index is 0.00000364. The van der Waals surface area contributed by atoms with E-state index >= 15 is 0 Å². The Labute approximate surface area is 188 Å². The molecule has 1 atom stereocenters. The number of nitrogens with one attached hydrogen (secondary N) is 2. The van der Waals surface area contributed by atoms with Crippen LogP contribution in [0.25, 0.3) is 0 Å². The van der Waals surface area contributed by atoms with Gasteiger partial charge in [0.15, 0.2) is 5.96 Å². The second-order valence-corrected chi connectivity index (χ2v) is 9.88. The largest absolute Gasteiger partial charge is 0.387 e. The van der Waals surface area contributed by atoms with Gasteiger partial charge in [-0.25, -0.2) is 8.42 Å². The van der Waals surface area contributed by atoms with E-state index in [1.54, 1.807) is 18.2 Å². The number of sulfone groups is 1. The molecule has 0 radical (unpaired) electrons. The first-order valence-corrected chi connectivity index (χ1v) is 11.3. The number of halogens is 3. The molecule has 10 heteroatoms. The number of guanidine groups is 1. The van der Waals surface area contributed by atoms with Crippen LogP contribution in [0, 0.1) is 5.41 Å². The van der Waals surface area contributed by atoms with Crippen LogP contribution in [0.5, 0.6) is 0 Å². The summed E-state index contributed by atoms with van der Waals surface area (Å²) in [5.74, 6) is 0.700. The van der Waals surface area contributed by atoms with Crippen molar-refractivity contribution in [3.63, 3.8) is 0 Å². The van der Waals surface area contributed by atoms with Crippen molar-refractivity contribution in [3.05, 3.63) is 33.8 Å². The summed E-state index contributed by atoms with van der Waals surface area (Å²) in [5, 5.41) is 17.4. The van der Waals surface area contributed by atoms with Crippen LogP contribution in [0.4, 0.5) is 0 Å². The molecule has 1 saturated carbocycles. The van der Waals surface area contributed by atoms with E-state index in [1.807, 2.05) is 6.92 Å². The summed E-state index contributed by atoms with van der Waals surface area (Å²) in [4.78, 5) is 4.50. The lowest BCUT2D eigenvalue weighted by molar-refractivity contribution is 0.181. The van der Waals surface area contributed by atoms with Gasteiger partial charge in [0.2, 0.25) is 0 Å². The Morgan fingerprint density at radius 3 is 2.33 bits per heavy atom. The van der Waals surface area contributed by atoms with Gasteiger partial charge in [0.1, 0.15) is 9.84 Å². The van der Waals surface area contributed by atoms with Crippen LogP contribution < -0.4 is 10.6 Å². The van der Waals surface area contributed by atoms with E-state index in [0.29, 0.717) is 34.7 Å². The topological polar surface area (TPSA) is 90.8 Å². The maximum absolute atomic E-state index is 11.5. The molecule has 1 aliphatic carbocycles. The standard InChI is InChI=1S/C17H25Cl2N3O3S.HI/c1-3-20-16(22-10-17(4-5-17)11-26(2,24)25)21-9-15(23)12-6-13(18)8-14(19)7-12;/h6-8,15,23H,3-5,9-11H2,1-2H3,(H2,20,21,22);1H. The first kappa shape index (κ1) is 24.7. The van der Waals surface area contributed by atoms with Crippen molar-refractivity contribution < 1.29 is 13.5 Å². The molecule has 1 unspecified atom stereocenters. The number of benzene rings is 1. The molecule has 154 valence electrons. The smallest absolute Gasteiger partial charge is 0.191 e. The molecule has 1 fully saturated rings. The molecule has 1 aromatic rings. The summed E-state index contributed by atoms with van der Waals surface area (Å²) in [7, 11) is -3.02. The highest BCUT2D eigenvalue weighted by Gasteiger charge is 2.45. The zero-order chi connectivity index (χ0) is 19.4. The molecular weight excluding hydrogens is 524 g/mol. The monoisotopic (exact) mass is 549 g/mol. The molecule has 0 aliphatic heterocycles. The van der Waals surface area contributed by atoms with Crippen LogP contribution in [0.1, 0.15) is 31.4 Å². The maximum atomic E-state index is 11.5. The molecular formula is C17H26Cl2IN3O3S. The Hall–Kier alpha value is -0.290. The molecule has 6 nitrogen and oxygen atoms in total. The van der Waals surface area contributed by atoms with E-state index in [9.17, 15) is 13.5 Å². The Bertz CT molecular complexity index is 750. The van der Waals surface area contributed by atoms with E-state index in [-0.39, 0.29) is 41.7 Å². The fraction of sp³-hybridized carbons (Fsp3) is 0.588. The summed E-state index contributed by atoms with van der Waals surface area (Å²) in [6.07, 6.45) is 2.19. The van der Waals surface area contributed by atoms with E-state index in [1.165, 1.54) is 6.26 Å². The van der Waals surface area contributed by atoms with Gasteiger partial charge in [-0.3, -0.25) is 4.99 Å². The molecule has 0 aromatic heterocycles. The Kier molecular flexibility index (Phi) is 9.60. The lowest BCUT2D eigenvalue weighted by Gasteiger charge is -2.17. The fourth-order valence-electron chi connectivity index (χ4n) is 2.75. The minimum atomic E-state index is -3.02. The summed E-state index contributed by atoms with van der Waals surface area (Å²) in [6.45, 7) is 3.26. The maximum Gasteiger partial charge on any atom is 0.191 e. The second kappa shape index (κ2) is 10.5. The van der Waals surface area contributed by atoms with Gasteiger partial charge in [-0.1, -0.05) is 23.2 Å². The average molecular weight is 550 g/mol. The minimum absolute atomic E-state index is 0. The average Bonchev–Trinajstić information content (AvgIpc) is 3.26. The summed E-state index contributed by atoms with van der Waals surface area (Å²) in [5.41, 5.74) is 0.372. The van der Waals surface area contributed by atoms with Crippen molar-refractivity contribution in [2.24, 2.45) is 10.4 Å². The Morgan fingerprint density at radius 2 is 1.85 bits per heavy atom. The molecule has 1 aliphatic rings. The highest BCUT2D eigenvalue weighted by Crippen LogP contribution is 2.46. The number of aliphatic hydroxyl groups is 1. The molecule has 1 aromatic carbocycles. The van der Waals surface area contributed by atoms with Crippen LogP contribution >= 0.6 is 47.2 Å². The number of aliphatic imine (C=N–C) groups is 1. The predicted octanol–water partition coefficient (Wildman–Crippen LogP) is 3.02. The molecule has 0 saturated heterocycles. The molecule has 0 amide bonds. The predicted molar refractivity (Wildman–Crippen MR) is 122 cm³/mol. The highest BCUT2D eigenvalue weighted by molar-refractivity contribution is 14.0. The van der Waals surface area contributed by atoms with Crippen molar-refractivity contribution in [2.45, 2.75) is 25.9 Å². The SMILES string of the molecule is CCNC(=NCC1(CS(C)(=O)=O)CC1)NCC(O)c1cc(Cl)cc(Cl)c1.I. The third-order valence-electron chi connectivity index (χ3n) is 4.17. The normalized spacial score (nSPS) is 17.0. The van der Waals surface area contributed by atoms with E-state index < -0.39 is 15.9 Å². The number of nitrogens with zero attached hydrogens (tertiary/aromatic N) is 1. The number of hydrogen-bond donors (Lipinski definition) is 3. The lowest BCUT2D eigenvalue weighted by atomic mass is 10.1. The fourth-order valence-corrected chi connectivity index (χ4v) is 4.78. The van der Waals surface area contributed by atoms with Gasteiger partial charge in [-0.15, -0.1) is 24.0 Å². The molecule has 0 spiro atoms. The molecule has 2 rings (SSSR count). The van der Waals surface area contributed by atoms with Gasteiger partial charge in [0.05, 0.1) is 11.9 Å². The van der Waals surface area contributed by atoms with E-state index in [0.717, 1.165) is 12.8 Å². The quantitative estimate of drug-likeness (QED) is 0.263. The van der Waals surface area contributed by atoms with Crippen molar-refractivity contribution in [1.29, 1.82) is 0 Å². The van der Waals surface area contributed by atoms with Crippen LogP contribution in [0.3, 0.4) is 0 Å². The first-order valence-electron chi connectivity index (χ1n) is 8.46. The van der Waals surface area contributed by atoms with Crippen LogP contribution in [0.2, 0.25) is 10.0 Å². The third-order valence-corrected chi connectivity index (χ3v) is 5.75. The van der Waals surface area contributed by atoms with Gasteiger partial charge in [-0.05, 0) is 43.5 Å². The summed E-state index contributed by atoms with van der Waals surface area (Å²) < 4.78 is 23.1. The van der Waals surface area contributed by atoms with Gasteiger partial charge in [0, 0.05) is 41.4 Å². The Morgan fingerprint density at radius 1 is 1.26 bits per heavy atom. The number of aliphatic hydroxyl groups excluding tert-OH is 1. The zero-order valence-electron chi connectivity index (χ0n) is 15.3. The summed E-state index contributed by atoms with van der Waals surface area (Å²) in [6, 6.07) is 4.93. The van der Waals surface area contributed by atoms with Gasteiger partial charge in [-0.2, -0.15) is 0 Å². The van der Waals surface area contributed by atoms with Crippen molar-refractivity contribution in [3.8, 4) is 0 Å². The van der Waals surface area contributed by atoms with Crippen molar-refractivity contribution >= 4 is 63.0 Å². The lowest BCUT2D eigenvalue weighted by Crippen LogP contribution is -2.40. The molecule has 0 bridgehead atoms. The zero-order valence-corrected chi connectivity index (χ0v) is 20.0. The van der Waals surface area contributed by atoms with Gasteiger partial charge < -0.3 is 15.7 Å². The minimum Gasteiger partial charge on any atom is -0.387 e. The molecule has 27 heavy (non-hydrogen) atoms. The van der Waals surface area contributed by atoms with Crippen LogP contribution in [-0.4, -0.2) is 51.1 Å². The van der Waals surface area contributed by atoms with Crippen LogP contribution in [0.15, 0.2) is 23.2 Å². The van der Waals surface area contributed by atoms with Crippen LogP contribution in [-0.2, 0) is 9.84 Å². The van der Waals surface area contributed by atoms with E-state index in [2.05, 4.69) is 15.6 Å². The molecule has 0 heterocycles. The first-order chi connectivity index (χ1) is 12.1. The van der Waals surface area contributed by atoms with E-state index in [4.69, 9.17) is 23.2 Å². The van der Waals surface area contributed by atoms with Crippen molar-refractivity contribution in [1.82, 2.24) is 10.6 Å². The number of hydrogen-bond acceptors (Lipinski definition) is 4. The third kappa shape index (κ3) is 8.72. The van der Waals surface area contributed by atoms with Gasteiger partial charge >= 0.3 is 0 Å². The van der Waals surface area contributed by atoms with Gasteiger partial charge in [0.25, 0.3) is 0 Å². The molecule has 3 N–H and O–H groups in total. The van der Waals surface area contributed by atoms with Crippen molar-refractivity contribution in [2.75, 3.05) is 31.6 Å². The second-order valence-electron chi connectivity index (χ2n) is 6.86.